The van der Waals surface area contributed by atoms with Crippen LogP contribution >= 0.6 is 38.5 Å². The molecule has 0 fully saturated rings. The van der Waals surface area contributed by atoms with Gasteiger partial charge in [0.05, 0.1) is 11.3 Å². The van der Waals surface area contributed by atoms with E-state index in [1.807, 2.05) is 0 Å². The lowest BCUT2D eigenvalue weighted by molar-refractivity contribution is -0.276. The molecule has 0 saturated carbocycles. The van der Waals surface area contributed by atoms with Gasteiger partial charge in [-0.15, -0.1) is 13.2 Å². The number of alkyl halides is 7. The molecule has 0 radical (unpaired) electrons. The van der Waals surface area contributed by atoms with Crippen molar-refractivity contribution in [2.24, 2.45) is 0 Å². The summed E-state index contributed by atoms with van der Waals surface area (Å²) in [5, 5.41) is -0.122. The summed E-state index contributed by atoms with van der Waals surface area (Å²) >= 11 is 4.22. The third kappa shape index (κ3) is 4.14. The molecule has 0 aliphatic rings. The molecule has 0 aliphatic heterocycles. The standard InChI is InChI=1S/C8H3BrF6INO/c9-2-4-6(16)3(7(10,11)12)1-5(17-4)18-8(13,14)15/h1H,2H2. The minimum atomic E-state index is -5.09. The van der Waals surface area contributed by atoms with Crippen LogP contribution in [-0.4, -0.2) is 11.3 Å². The second-order valence-corrected chi connectivity index (χ2v) is 4.59. The number of hydrogen-bond acceptors (Lipinski definition) is 2. The van der Waals surface area contributed by atoms with Gasteiger partial charge in [0.15, 0.2) is 0 Å². The lowest BCUT2D eigenvalue weighted by Gasteiger charge is -2.14. The van der Waals surface area contributed by atoms with Gasteiger partial charge < -0.3 is 4.74 Å². The van der Waals surface area contributed by atoms with Crippen molar-refractivity contribution in [1.29, 1.82) is 0 Å². The minimum Gasteiger partial charge on any atom is -0.388 e. The average molecular weight is 450 g/mol. The Morgan fingerprint density at radius 2 is 1.78 bits per heavy atom. The predicted molar refractivity (Wildman–Crippen MR) is 61.3 cm³/mol. The van der Waals surface area contributed by atoms with Gasteiger partial charge in [0.25, 0.3) is 0 Å². The highest BCUT2D eigenvalue weighted by molar-refractivity contribution is 14.1. The molecule has 0 bridgehead atoms. The molecule has 0 unspecified atom stereocenters. The highest BCUT2D eigenvalue weighted by Gasteiger charge is 2.37. The van der Waals surface area contributed by atoms with Crippen LogP contribution in [0.15, 0.2) is 6.07 Å². The zero-order valence-corrected chi connectivity index (χ0v) is 11.9. The molecule has 0 N–H and O–H groups in total. The molecular weight excluding hydrogens is 447 g/mol. The number of aromatic nitrogens is 1. The van der Waals surface area contributed by atoms with Crippen LogP contribution in [0.3, 0.4) is 0 Å². The molecule has 1 rings (SSSR count). The Morgan fingerprint density at radius 1 is 1.22 bits per heavy atom. The van der Waals surface area contributed by atoms with Crippen molar-refractivity contribution >= 4 is 38.5 Å². The highest BCUT2D eigenvalue weighted by atomic mass is 127. The van der Waals surface area contributed by atoms with E-state index in [1.54, 1.807) is 0 Å². The van der Waals surface area contributed by atoms with Gasteiger partial charge in [0, 0.05) is 15.0 Å². The van der Waals surface area contributed by atoms with Gasteiger partial charge >= 0.3 is 12.5 Å². The van der Waals surface area contributed by atoms with Crippen LogP contribution in [0.5, 0.6) is 5.88 Å². The average Bonchev–Trinajstić information content (AvgIpc) is 2.16. The van der Waals surface area contributed by atoms with Crippen LogP contribution < -0.4 is 4.74 Å². The zero-order valence-electron chi connectivity index (χ0n) is 8.16. The molecule has 0 aliphatic carbocycles. The van der Waals surface area contributed by atoms with Crippen LogP contribution in [0, 0.1) is 3.57 Å². The van der Waals surface area contributed by atoms with E-state index in [0.717, 1.165) is 0 Å². The van der Waals surface area contributed by atoms with E-state index in [4.69, 9.17) is 0 Å². The zero-order chi connectivity index (χ0) is 14.1. The molecule has 18 heavy (non-hydrogen) atoms. The Labute approximate surface area is 119 Å². The van der Waals surface area contributed by atoms with Crippen LogP contribution in [-0.2, 0) is 11.5 Å². The summed E-state index contributed by atoms with van der Waals surface area (Å²) in [5.74, 6) is -1.13. The van der Waals surface area contributed by atoms with Gasteiger partial charge in [0.2, 0.25) is 5.88 Å². The molecule has 0 atom stereocenters. The summed E-state index contributed by atoms with van der Waals surface area (Å²) in [7, 11) is 0. The maximum atomic E-state index is 12.6. The summed E-state index contributed by atoms with van der Waals surface area (Å²) in [6, 6.07) is 0.224. The Morgan fingerprint density at radius 3 is 2.17 bits per heavy atom. The summed E-state index contributed by atoms with van der Waals surface area (Å²) in [6.45, 7) is 0. The maximum Gasteiger partial charge on any atom is 0.574 e. The lowest BCUT2D eigenvalue weighted by Crippen LogP contribution is -2.20. The highest BCUT2D eigenvalue weighted by Crippen LogP contribution is 2.37. The van der Waals surface area contributed by atoms with Crippen molar-refractivity contribution in [3.63, 3.8) is 0 Å². The molecule has 102 valence electrons. The van der Waals surface area contributed by atoms with E-state index < -0.39 is 24.0 Å². The summed E-state index contributed by atoms with van der Waals surface area (Å²) in [6.07, 6.45) is -9.87. The Balaban J connectivity index is 3.31. The quantitative estimate of drug-likeness (QED) is 0.377. The summed E-state index contributed by atoms with van der Waals surface area (Å²) < 4.78 is 76.8. The number of ether oxygens (including phenoxy) is 1. The van der Waals surface area contributed by atoms with Gasteiger partial charge in [-0.05, 0) is 22.6 Å². The second-order valence-electron chi connectivity index (χ2n) is 2.95. The largest absolute Gasteiger partial charge is 0.574 e. The number of rotatable bonds is 2. The van der Waals surface area contributed by atoms with Crippen molar-refractivity contribution < 1.29 is 31.1 Å². The topological polar surface area (TPSA) is 22.1 Å². The molecule has 0 spiro atoms. The molecule has 0 saturated heterocycles. The van der Waals surface area contributed by atoms with Crippen molar-refractivity contribution in [2.75, 3.05) is 0 Å². The first-order valence-electron chi connectivity index (χ1n) is 4.13. The lowest BCUT2D eigenvalue weighted by atomic mass is 10.2. The molecule has 10 heteroatoms. The van der Waals surface area contributed by atoms with E-state index in [9.17, 15) is 26.3 Å². The Hall–Kier alpha value is -0.260. The van der Waals surface area contributed by atoms with Crippen LogP contribution in [0.2, 0.25) is 0 Å². The van der Waals surface area contributed by atoms with Gasteiger partial charge in [-0.1, -0.05) is 15.9 Å². The van der Waals surface area contributed by atoms with E-state index in [2.05, 4.69) is 25.7 Å². The van der Waals surface area contributed by atoms with Crippen molar-refractivity contribution in [3.05, 3.63) is 20.9 Å². The number of nitrogens with zero attached hydrogens (tertiary/aromatic N) is 1. The molecule has 0 aromatic carbocycles. The van der Waals surface area contributed by atoms with Gasteiger partial charge in [-0.2, -0.15) is 13.2 Å². The summed E-state index contributed by atoms with van der Waals surface area (Å²) in [5.41, 5.74) is -1.39. The third-order valence-corrected chi connectivity index (χ3v) is 3.39. The third-order valence-electron chi connectivity index (χ3n) is 1.66. The van der Waals surface area contributed by atoms with Crippen molar-refractivity contribution in [3.8, 4) is 5.88 Å². The fourth-order valence-corrected chi connectivity index (χ4v) is 2.73. The molecule has 0 amide bonds. The minimum absolute atomic E-state index is 0.122. The fourth-order valence-electron chi connectivity index (χ4n) is 1.02. The molecular formula is C8H3BrF6INO. The number of halogens is 8. The van der Waals surface area contributed by atoms with E-state index in [-0.39, 0.29) is 20.7 Å². The molecule has 1 aromatic heterocycles. The van der Waals surface area contributed by atoms with Crippen LogP contribution in [0.25, 0.3) is 0 Å². The van der Waals surface area contributed by atoms with E-state index >= 15 is 0 Å². The van der Waals surface area contributed by atoms with Crippen molar-refractivity contribution in [1.82, 2.24) is 4.98 Å². The molecule has 2 nitrogen and oxygen atoms in total. The number of hydrogen-bond donors (Lipinski definition) is 0. The second kappa shape index (κ2) is 5.39. The first kappa shape index (κ1) is 15.8. The van der Waals surface area contributed by atoms with Gasteiger partial charge in [-0.3, -0.25) is 0 Å². The predicted octanol–water partition coefficient (Wildman–Crippen LogP) is 4.50. The van der Waals surface area contributed by atoms with Gasteiger partial charge in [0.1, 0.15) is 0 Å². The normalized spacial score (nSPS) is 12.7. The first-order chi connectivity index (χ1) is 8.04. The SMILES string of the molecule is FC(F)(F)Oc1cc(C(F)(F)F)c(I)c(CBr)n1. The Bertz CT molecular complexity index is 446. The van der Waals surface area contributed by atoms with E-state index in [0.29, 0.717) is 0 Å². The van der Waals surface area contributed by atoms with Gasteiger partial charge in [-0.25, -0.2) is 4.98 Å². The number of pyridine rings is 1. The Kier molecular flexibility index (Phi) is 4.73. The van der Waals surface area contributed by atoms with E-state index in [1.165, 1.54) is 22.6 Å². The van der Waals surface area contributed by atoms with Crippen LogP contribution in [0.4, 0.5) is 26.3 Å². The van der Waals surface area contributed by atoms with Crippen molar-refractivity contribution in [2.45, 2.75) is 17.9 Å². The maximum absolute atomic E-state index is 12.6. The first-order valence-corrected chi connectivity index (χ1v) is 6.33. The smallest absolute Gasteiger partial charge is 0.388 e. The molecule has 1 aromatic rings. The van der Waals surface area contributed by atoms with Crippen LogP contribution in [0.1, 0.15) is 11.3 Å². The summed E-state index contributed by atoms with van der Waals surface area (Å²) in [4.78, 5) is 3.35. The fraction of sp³-hybridized carbons (Fsp3) is 0.375. The monoisotopic (exact) mass is 449 g/mol. The molecule has 1 heterocycles.